The number of carbonyl (C=O) groups is 1. The van der Waals surface area contributed by atoms with E-state index in [2.05, 4.69) is 27.4 Å². The first-order valence-electron chi connectivity index (χ1n) is 7.92. The van der Waals surface area contributed by atoms with Crippen LogP contribution in [0.3, 0.4) is 0 Å². The van der Waals surface area contributed by atoms with Crippen LogP contribution in [0.5, 0.6) is 5.75 Å². The van der Waals surface area contributed by atoms with E-state index in [1.165, 1.54) is 0 Å². The minimum Gasteiger partial charge on any atom is -0.490 e. The molecule has 4 rings (SSSR count). The summed E-state index contributed by atoms with van der Waals surface area (Å²) >= 11 is 0. The molecule has 1 aliphatic heterocycles. The van der Waals surface area contributed by atoms with Gasteiger partial charge in [-0.25, -0.2) is 0 Å². The van der Waals surface area contributed by atoms with Gasteiger partial charge in [0, 0.05) is 17.7 Å². The lowest BCUT2D eigenvalue weighted by Gasteiger charge is -2.31. The second-order valence-electron chi connectivity index (χ2n) is 5.81. The number of fused-ring (bicyclic) bond motifs is 1. The van der Waals surface area contributed by atoms with Gasteiger partial charge >= 0.3 is 0 Å². The van der Waals surface area contributed by atoms with Crippen LogP contribution < -0.4 is 10.1 Å². The zero-order valence-corrected chi connectivity index (χ0v) is 13.1. The molecular weight excluding hydrogens is 306 g/mol. The SMILES string of the molecule is C=CCOc1ccc([C@H]2C3=C(CCCC3=O)Nc3nnnn32)cc1. The maximum atomic E-state index is 12.5. The standard InChI is InChI=1S/C17H17N5O2/c1-2-10-24-12-8-6-11(7-9-12)16-15-13(4-3-5-14(15)23)18-17-19-20-21-22(16)17/h2,6-9,16H,1,3-5,10H2,(H,18,19,21)/t16-/m0/s1. The van der Waals surface area contributed by atoms with Crippen LogP contribution in [0.1, 0.15) is 30.9 Å². The molecule has 0 fully saturated rings. The van der Waals surface area contributed by atoms with Crippen molar-refractivity contribution in [2.45, 2.75) is 25.3 Å². The van der Waals surface area contributed by atoms with E-state index in [1.807, 2.05) is 24.3 Å². The quantitative estimate of drug-likeness (QED) is 0.869. The number of ether oxygens (including phenoxy) is 1. The Morgan fingerprint density at radius 3 is 2.96 bits per heavy atom. The molecule has 0 saturated carbocycles. The highest BCUT2D eigenvalue weighted by Gasteiger charge is 2.36. The summed E-state index contributed by atoms with van der Waals surface area (Å²) in [5.41, 5.74) is 2.66. The van der Waals surface area contributed by atoms with Crippen molar-refractivity contribution in [1.29, 1.82) is 0 Å². The van der Waals surface area contributed by atoms with Gasteiger partial charge in [-0.2, -0.15) is 4.68 Å². The number of nitrogens with one attached hydrogen (secondary N) is 1. The van der Waals surface area contributed by atoms with Crippen LogP contribution in [0, 0.1) is 0 Å². The zero-order valence-electron chi connectivity index (χ0n) is 13.1. The number of hydrogen-bond acceptors (Lipinski definition) is 6. The van der Waals surface area contributed by atoms with Crippen LogP contribution in [0.25, 0.3) is 0 Å². The lowest BCUT2D eigenvalue weighted by Crippen LogP contribution is -2.31. The molecule has 2 aromatic rings. The highest BCUT2D eigenvalue weighted by molar-refractivity contribution is 5.99. The fourth-order valence-electron chi connectivity index (χ4n) is 3.23. The van der Waals surface area contributed by atoms with Gasteiger partial charge in [0.25, 0.3) is 0 Å². The highest BCUT2D eigenvalue weighted by Crippen LogP contribution is 2.39. The van der Waals surface area contributed by atoms with Crippen LogP contribution >= 0.6 is 0 Å². The monoisotopic (exact) mass is 323 g/mol. The average molecular weight is 323 g/mol. The number of anilines is 1. The predicted molar refractivity (Wildman–Crippen MR) is 87.6 cm³/mol. The van der Waals surface area contributed by atoms with Crippen molar-refractivity contribution < 1.29 is 9.53 Å². The van der Waals surface area contributed by atoms with Crippen LogP contribution in [0.4, 0.5) is 5.95 Å². The molecular formula is C17H17N5O2. The normalized spacial score (nSPS) is 19.3. The molecule has 0 spiro atoms. The number of Topliss-reactive ketones (excluding diaryl/α,β-unsaturated/α-hetero) is 1. The Morgan fingerprint density at radius 1 is 1.33 bits per heavy atom. The largest absolute Gasteiger partial charge is 0.490 e. The first-order chi connectivity index (χ1) is 11.8. The van der Waals surface area contributed by atoms with Crippen molar-refractivity contribution in [2.75, 3.05) is 11.9 Å². The smallest absolute Gasteiger partial charge is 0.248 e. The van der Waals surface area contributed by atoms with E-state index in [0.29, 0.717) is 19.0 Å². The summed E-state index contributed by atoms with van der Waals surface area (Å²) in [7, 11) is 0. The average Bonchev–Trinajstić information content (AvgIpc) is 3.07. The molecule has 2 heterocycles. The maximum absolute atomic E-state index is 12.5. The molecule has 1 aromatic heterocycles. The lowest BCUT2D eigenvalue weighted by atomic mass is 9.85. The Balaban J connectivity index is 1.75. The molecule has 1 aliphatic carbocycles. The fourth-order valence-corrected chi connectivity index (χ4v) is 3.23. The number of benzene rings is 1. The van der Waals surface area contributed by atoms with Crippen molar-refractivity contribution >= 4 is 11.7 Å². The number of nitrogens with zero attached hydrogens (tertiary/aromatic N) is 4. The molecule has 1 aromatic carbocycles. The van der Waals surface area contributed by atoms with Crippen molar-refractivity contribution in [1.82, 2.24) is 20.2 Å². The number of carbonyl (C=O) groups excluding carboxylic acids is 1. The van der Waals surface area contributed by atoms with Crippen LogP contribution in [-0.2, 0) is 4.79 Å². The second kappa shape index (κ2) is 5.92. The zero-order chi connectivity index (χ0) is 16.5. The molecule has 1 N–H and O–H groups in total. The third-order valence-corrected chi connectivity index (χ3v) is 4.29. The fraction of sp³-hybridized carbons (Fsp3) is 0.294. The third kappa shape index (κ3) is 2.38. The van der Waals surface area contributed by atoms with Gasteiger partial charge in [-0.1, -0.05) is 29.9 Å². The number of allylic oxidation sites excluding steroid dienone is 2. The Bertz CT molecular complexity index is 822. The first-order valence-corrected chi connectivity index (χ1v) is 7.92. The van der Waals surface area contributed by atoms with Crippen LogP contribution in [0.2, 0.25) is 0 Å². The Hall–Kier alpha value is -2.96. The van der Waals surface area contributed by atoms with Crippen molar-refractivity contribution in [3.8, 4) is 5.75 Å². The molecule has 122 valence electrons. The van der Waals surface area contributed by atoms with Crippen molar-refractivity contribution in [3.63, 3.8) is 0 Å². The molecule has 7 nitrogen and oxygen atoms in total. The number of ketones is 1. The van der Waals surface area contributed by atoms with Gasteiger partial charge in [0.2, 0.25) is 5.95 Å². The molecule has 0 unspecified atom stereocenters. The first kappa shape index (κ1) is 14.6. The van der Waals surface area contributed by atoms with E-state index in [9.17, 15) is 4.79 Å². The van der Waals surface area contributed by atoms with Crippen molar-refractivity contribution in [2.24, 2.45) is 0 Å². The lowest BCUT2D eigenvalue weighted by molar-refractivity contribution is -0.116. The Morgan fingerprint density at radius 2 is 2.17 bits per heavy atom. The van der Waals surface area contributed by atoms with Gasteiger partial charge < -0.3 is 10.1 Å². The molecule has 2 aliphatic rings. The van der Waals surface area contributed by atoms with E-state index in [1.54, 1.807) is 10.8 Å². The third-order valence-electron chi connectivity index (χ3n) is 4.29. The van der Waals surface area contributed by atoms with Gasteiger partial charge in [0.1, 0.15) is 18.4 Å². The summed E-state index contributed by atoms with van der Waals surface area (Å²) in [5.74, 6) is 1.48. The number of tetrazole rings is 1. The topological polar surface area (TPSA) is 81.9 Å². The molecule has 1 atom stereocenters. The molecule has 7 heteroatoms. The summed E-state index contributed by atoms with van der Waals surface area (Å²) in [6.07, 6.45) is 3.96. The minimum atomic E-state index is -0.299. The van der Waals surface area contributed by atoms with E-state index in [-0.39, 0.29) is 11.8 Å². The second-order valence-corrected chi connectivity index (χ2v) is 5.81. The number of aromatic nitrogens is 4. The molecule has 0 amide bonds. The van der Waals surface area contributed by atoms with E-state index in [4.69, 9.17) is 4.74 Å². The van der Waals surface area contributed by atoms with Crippen molar-refractivity contribution in [3.05, 3.63) is 53.8 Å². The summed E-state index contributed by atoms with van der Waals surface area (Å²) in [5, 5.41) is 15.0. The Kier molecular flexibility index (Phi) is 3.60. The number of hydrogen-bond donors (Lipinski definition) is 1. The van der Waals surface area contributed by atoms with Gasteiger partial charge in [-0.3, -0.25) is 4.79 Å². The van der Waals surface area contributed by atoms with E-state index >= 15 is 0 Å². The molecule has 0 bridgehead atoms. The predicted octanol–water partition coefficient (Wildman–Crippen LogP) is 2.26. The summed E-state index contributed by atoms with van der Waals surface area (Å²) in [6, 6.07) is 7.38. The van der Waals surface area contributed by atoms with E-state index < -0.39 is 0 Å². The van der Waals surface area contributed by atoms with Gasteiger partial charge in [0.05, 0.1) is 0 Å². The van der Waals surface area contributed by atoms with Gasteiger partial charge in [-0.15, -0.1) is 0 Å². The van der Waals surface area contributed by atoms with Gasteiger partial charge in [0.15, 0.2) is 5.78 Å². The van der Waals surface area contributed by atoms with Crippen LogP contribution in [0.15, 0.2) is 48.2 Å². The molecule has 0 radical (unpaired) electrons. The van der Waals surface area contributed by atoms with Crippen LogP contribution in [-0.4, -0.2) is 32.6 Å². The summed E-state index contributed by atoms with van der Waals surface area (Å²) in [6.45, 7) is 4.09. The highest BCUT2D eigenvalue weighted by atomic mass is 16.5. The minimum absolute atomic E-state index is 0.155. The number of rotatable bonds is 4. The summed E-state index contributed by atoms with van der Waals surface area (Å²) in [4.78, 5) is 12.5. The van der Waals surface area contributed by atoms with E-state index in [0.717, 1.165) is 35.4 Å². The Labute approximate surface area is 139 Å². The maximum Gasteiger partial charge on any atom is 0.248 e. The van der Waals surface area contributed by atoms with Gasteiger partial charge in [-0.05, 0) is 41.0 Å². The molecule has 0 saturated heterocycles. The summed E-state index contributed by atoms with van der Waals surface area (Å²) < 4.78 is 7.19. The molecule has 24 heavy (non-hydrogen) atoms.